The molecule has 7 aromatic carbocycles. The number of anilines is 3. The van der Waals surface area contributed by atoms with Crippen LogP contribution in [0.5, 0.6) is 11.5 Å². The first-order valence-electron chi connectivity index (χ1n) is 15.3. The Balaban J connectivity index is 1.28. The lowest BCUT2D eigenvalue weighted by atomic mass is 10.0. The molecule has 0 saturated carbocycles. The molecular weight excluding hydrogens is 548 g/mol. The summed E-state index contributed by atoms with van der Waals surface area (Å²) >= 11 is 0. The number of benzene rings is 7. The summed E-state index contributed by atoms with van der Waals surface area (Å²) in [6.45, 7) is 0. The van der Waals surface area contributed by atoms with E-state index in [1.54, 1.807) is 0 Å². The fourth-order valence-electron chi connectivity index (χ4n) is 6.73. The Labute approximate surface area is 261 Å². The van der Waals surface area contributed by atoms with Crippen molar-refractivity contribution in [3.8, 4) is 39.4 Å². The normalized spacial score (nSPS) is 11.7. The van der Waals surface area contributed by atoms with Crippen molar-refractivity contribution >= 4 is 38.9 Å². The molecule has 0 amide bonds. The molecule has 2 heterocycles. The van der Waals surface area contributed by atoms with Crippen molar-refractivity contribution < 1.29 is 4.74 Å². The number of para-hydroxylation sites is 3. The smallest absolute Gasteiger partial charge is 0.152 e. The van der Waals surface area contributed by atoms with Gasteiger partial charge < -0.3 is 14.2 Å². The van der Waals surface area contributed by atoms with Gasteiger partial charge in [0.15, 0.2) is 11.5 Å². The van der Waals surface area contributed by atoms with E-state index in [1.165, 1.54) is 33.0 Å². The van der Waals surface area contributed by atoms with E-state index in [0.29, 0.717) is 0 Å². The lowest BCUT2D eigenvalue weighted by Gasteiger charge is -2.27. The molecule has 212 valence electrons. The Hall–Kier alpha value is -6.06. The molecule has 1 aromatic heterocycles. The Morgan fingerprint density at radius 3 is 1.60 bits per heavy atom. The second-order valence-corrected chi connectivity index (χ2v) is 11.4. The van der Waals surface area contributed by atoms with Gasteiger partial charge in [0.1, 0.15) is 0 Å². The summed E-state index contributed by atoms with van der Waals surface area (Å²) in [5, 5.41) is 2.35. The minimum Gasteiger partial charge on any atom is -0.453 e. The molecule has 1 aliphatic rings. The highest BCUT2D eigenvalue weighted by Gasteiger charge is 2.26. The maximum Gasteiger partial charge on any atom is 0.152 e. The van der Waals surface area contributed by atoms with E-state index in [0.717, 1.165) is 45.3 Å². The van der Waals surface area contributed by atoms with Gasteiger partial charge in [-0.15, -0.1) is 0 Å². The molecule has 0 unspecified atom stereocenters. The minimum atomic E-state index is 0.866. The van der Waals surface area contributed by atoms with Gasteiger partial charge in [0.25, 0.3) is 0 Å². The van der Waals surface area contributed by atoms with Gasteiger partial charge in [0.2, 0.25) is 0 Å². The largest absolute Gasteiger partial charge is 0.453 e. The van der Waals surface area contributed by atoms with Crippen molar-refractivity contribution in [1.29, 1.82) is 0 Å². The Morgan fingerprint density at radius 2 is 0.956 bits per heavy atom. The predicted molar refractivity (Wildman–Crippen MR) is 186 cm³/mol. The topological polar surface area (TPSA) is 17.4 Å². The van der Waals surface area contributed by atoms with Crippen LogP contribution in [0.2, 0.25) is 0 Å². The number of fused-ring (bicyclic) bond motifs is 5. The molecule has 1 aliphatic heterocycles. The number of aromatic nitrogens is 1. The lowest BCUT2D eigenvalue weighted by Crippen LogP contribution is -2.10. The third-order valence-corrected chi connectivity index (χ3v) is 8.79. The van der Waals surface area contributed by atoms with E-state index in [9.17, 15) is 0 Å². The van der Waals surface area contributed by atoms with Crippen LogP contribution in [0.25, 0.3) is 49.7 Å². The molecule has 0 aliphatic carbocycles. The van der Waals surface area contributed by atoms with Crippen molar-refractivity contribution in [1.82, 2.24) is 4.57 Å². The first kappa shape index (κ1) is 25.4. The van der Waals surface area contributed by atoms with Gasteiger partial charge in [-0.25, -0.2) is 0 Å². The quantitative estimate of drug-likeness (QED) is 0.203. The van der Waals surface area contributed by atoms with Crippen LogP contribution in [0.15, 0.2) is 170 Å². The molecule has 45 heavy (non-hydrogen) atoms. The van der Waals surface area contributed by atoms with Gasteiger partial charge in [-0.05, 0) is 76.9 Å². The zero-order valence-corrected chi connectivity index (χ0v) is 24.5. The van der Waals surface area contributed by atoms with E-state index >= 15 is 0 Å². The Morgan fingerprint density at radius 1 is 0.422 bits per heavy atom. The summed E-state index contributed by atoms with van der Waals surface area (Å²) in [7, 11) is 0. The van der Waals surface area contributed by atoms with Crippen LogP contribution in [-0.2, 0) is 0 Å². The molecule has 0 fully saturated rings. The van der Waals surface area contributed by atoms with Gasteiger partial charge >= 0.3 is 0 Å². The average Bonchev–Trinajstić information content (AvgIpc) is 3.46. The van der Waals surface area contributed by atoms with Crippen molar-refractivity contribution in [2.24, 2.45) is 0 Å². The average molecular weight is 577 g/mol. The van der Waals surface area contributed by atoms with E-state index < -0.39 is 0 Å². The lowest BCUT2D eigenvalue weighted by molar-refractivity contribution is 0.476. The van der Waals surface area contributed by atoms with Crippen LogP contribution in [0.3, 0.4) is 0 Å². The van der Waals surface area contributed by atoms with Crippen LogP contribution in [0.1, 0.15) is 0 Å². The molecule has 8 aromatic rings. The molecule has 0 N–H and O–H groups in total. The first-order chi connectivity index (χ1) is 22.3. The van der Waals surface area contributed by atoms with E-state index in [2.05, 4.69) is 167 Å². The van der Waals surface area contributed by atoms with E-state index in [-0.39, 0.29) is 0 Å². The van der Waals surface area contributed by atoms with E-state index in [4.69, 9.17) is 4.74 Å². The molecule has 0 radical (unpaired) electrons. The zero-order chi connectivity index (χ0) is 29.7. The van der Waals surface area contributed by atoms with Gasteiger partial charge in [-0.3, -0.25) is 0 Å². The highest BCUT2D eigenvalue weighted by atomic mass is 16.5. The molecule has 0 spiro atoms. The summed E-state index contributed by atoms with van der Waals surface area (Å²) in [5.41, 5.74) is 11.4. The van der Waals surface area contributed by atoms with Gasteiger partial charge in [-0.2, -0.15) is 0 Å². The second-order valence-electron chi connectivity index (χ2n) is 11.4. The summed E-state index contributed by atoms with van der Waals surface area (Å²) in [5.74, 6) is 1.74. The molecule has 3 nitrogen and oxygen atoms in total. The molecule has 0 saturated heterocycles. The maximum absolute atomic E-state index is 6.42. The number of hydrogen-bond acceptors (Lipinski definition) is 2. The molecular formula is C42H28N2O. The van der Waals surface area contributed by atoms with Crippen LogP contribution in [0, 0.1) is 0 Å². The summed E-state index contributed by atoms with van der Waals surface area (Å²) in [6, 6.07) is 60.2. The monoisotopic (exact) mass is 576 g/mol. The number of ether oxygens (including phenoxy) is 1. The van der Waals surface area contributed by atoms with Gasteiger partial charge in [0.05, 0.1) is 22.4 Å². The van der Waals surface area contributed by atoms with Crippen LogP contribution in [-0.4, -0.2) is 4.57 Å². The summed E-state index contributed by atoms with van der Waals surface area (Å²) in [4.78, 5) is 2.38. The minimum absolute atomic E-state index is 0.866. The maximum atomic E-state index is 6.42. The number of hydrogen-bond donors (Lipinski definition) is 0. The Kier molecular flexibility index (Phi) is 5.82. The highest BCUT2D eigenvalue weighted by molar-refractivity contribution is 6.18. The fourth-order valence-corrected chi connectivity index (χ4v) is 6.73. The number of nitrogens with zero attached hydrogens (tertiary/aromatic N) is 2. The van der Waals surface area contributed by atoms with Crippen LogP contribution in [0.4, 0.5) is 17.1 Å². The van der Waals surface area contributed by atoms with Crippen LogP contribution >= 0.6 is 0 Å². The molecule has 0 bridgehead atoms. The zero-order valence-electron chi connectivity index (χ0n) is 24.5. The van der Waals surface area contributed by atoms with Gasteiger partial charge in [-0.1, -0.05) is 115 Å². The summed E-state index contributed by atoms with van der Waals surface area (Å²) < 4.78 is 8.78. The third kappa shape index (κ3) is 4.13. The van der Waals surface area contributed by atoms with Crippen molar-refractivity contribution in [3.05, 3.63) is 170 Å². The van der Waals surface area contributed by atoms with E-state index in [1.807, 2.05) is 12.1 Å². The summed E-state index contributed by atoms with van der Waals surface area (Å²) in [6.07, 6.45) is 0. The SMILES string of the molecule is c1ccc(-c2ccc(N(c3ccc(-c4ccccc4)cc3)c3cccc4c3c3cccc5c3n4-c3ccccc3O5)cc2)cc1. The fraction of sp³-hybridized carbons (Fsp3) is 0. The second kappa shape index (κ2) is 10.3. The molecule has 0 atom stereocenters. The standard InChI is InChI=1S/C42H28N2O/c1-3-11-29(12-4-1)31-21-25-33(26-22-31)43(34-27-23-32(24-28-34)30-13-5-2-6-14-30)37-17-10-18-38-41(37)35-15-9-20-40-42(35)44(38)36-16-7-8-19-39(36)45-40/h1-28H. The predicted octanol–water partition coefficient (Wildman–Crippen LogP) is 11.7. The number of rotatable bonds is 5. The Bertz CT molecular complexity index is 2240. The molecule has 9 rings (SSSR count). The highest BCUT2D eigenvalue weighted by Crippen LogP contribution is 2.49. The van der Waals surface area contributed by atoms with Crippen LogP contribution < -0.4 is 9.64 Å². The molecule has 3 heteroatoms. The van der Waals surface area contributed by atoms with Crippen molar-refractivity contribution in [2.75, 3.05) is 4.90 Å². The third-order valence-electron chi connectivity index (χ3n) is 8.79. The van der Waals surface area contributed by atoms with Crippen molar-refractivity contribution in [3.63, 3.8) is 0 Å². The first-order valence-corrected chi connectivity index (χ1v) is 15.3. The van der Waals surface area contributed by atoms with Crippen molar-refractivity contribution in [2.45, 2.75) is 0 Å². The van der Waals surface area contributed by atoms with Gasteiger partial charge in [0, 0.05) is 22.1 Å².